The van der Waals surface area contributed by atoms with Crippen LogP contribution in [0.1, 0.15) is 26.3 Å². The normalized spacial score (nSPS) is 18.3. The fourth-order valence-electron chi connectivity index (χ4n) is 2.49. The van der Waals surface area contributed by atoms with Crippen LogP contribution in [0.4, 0.5) is 0 Å². The minimum Gasteiger partial charge on any atom is -0.459 e. The molecule has 0 aliphatic carbocycles. The zero-order chi connectivity index (χ0) is 16.2. The van der Waals surface area contributed by atoms with Gasteiger partial charge in [0.15, 0.2) is 0 Å². The van der Waals surface area contributed by atoms with Gasteiger partial charge in [0.05, 0.1) is 6.04 Å². The van der Waals surface area contributed by atoms with Gasteiger partial charge in [0.25, 0.3) is 0 Å². The Morgan fingerprint density at radius 3 is 2.57 bits per heavy atom. The van der Waals surface area contributed by atoms with Crippen molar-refractivity contribution in [1.82, 2.24) is 10.2 Å². The van der Waals surface area contributed by atoms with Gasteiger partial charge in [-0.2, -0.15) is 0 Å². The van der Waals surface area contributed by atoms with E-state index in [1.54, 1.807) is 4.90 Å². The van der Waals surface area contributed by atoms with Crippen LogP contribution in [0, 0.1) is 0 Å². The SMILES string of the molecule is CC(C)(C)OC(=O)CN1CCNC(Cc2ccccc2)C1=O.Cl. The smallest absolute Gasteiger partial charge is 0.326 e. The molecule has 1 heterocycles. The van der Waals surface area contributed by atoms with Gasteiger partial charge in [-0.05, 0) is 32.8 Å². The third-order valence-corrected chi connectivity index (χ3v) is 3.40. The second-order valence-corrected chi connectivity index (χ2v) is 6.54. The zero-order valence-corrected chi connectivity index (χ0v) is 14.7. The summed E-state index contributed by atoms with van der Waals surface area (Å²) in [4.78, 5) is 26.0. The van der Waals surface area contributed by atoms with Crippen LogP contribution in [0.25, 0.3) is 0 Å². The lowest BCUT2D eigenvalue weighted by molar-refractivity contribution is -0.159. The fourth-order valence-corrected chi connectivity index (χ4v) is 2.49. The molecular formula is C17H25ClN2O3. The summed E-state index contributed by atoms with van der Waals surface area (Å²) >= 11 is 0. The van der Waals surface area contributed by atoms with Gasteiger partial charge < -0.3 is 15.0 Å². The van der Waals surface area contributed by atoms with E-state index in [9.17, 15) is 9.59 Å². The maximum atomic E-state index is 12.5. The van der Waals surface area contributed by atoms with Gasteiger partial charge in [-0.25, -0.2) is 0 Å². The van der Waals surface area contributed by atoms with Crippen LogP contribution in [-0.2, 0) is 20.7 Å². The minimum atomic E-state index is -0.530. The third kappa shape index (κ3) is 6.20. The average Bonchev–Trinajstić information content (AvgIpc) is 2.42. The van der Waals surface area contributed by atoms with Gasteiger partial charge in [0.2, 0.25) is 5.91 Å². The number of halogens is 1. The monoisotopic (exact) mass is 340 g/mol. The molecule has 0 bridgehead atoms. The van der Waals surface area contributed by atoms with Crippen molar-refractivity contribution in [3.63, 3.8) is 0 Å². The number of nitrogens with zero attached hydrogens (tertiary/aromatic N) is 1. The van der Waals surface area contributed by atoms with Crippen LogP contribution < -0.4 is 5.32 Å². The number of ether oxygens (including phenoxy) is 1. The van der Waals surface area contributed by atoms with Crippen LogP contribution in [0.15, 0.2) is 30.3 Å². The van der Waals surface area contributed by atoms with Crippen molar-refractivity contribution in [2.24, 2.45) is 0 Å². The maximum Gasteiger partial charge on any atom is 0.326 e. The zero-order valence-electron chi connectivity index (χ0n) is 13.9. The number of carbonyl (C=O) groups is 2. The number of carbonyl (C=O) groups excluding carboxylic acids is 2. The molecule has 1 atom stereocenters. The number of benzene rings is 1. The Kier molecular flexibility index (Phi) is 7.03. The molecule has 1 amide bonds. The highest BCUT2D eigenvalue weighted by Gasteiger charge is 2.30. The molecule has 5 nitrogen and oxygen atoms in total. The topological polar surface area (TPSA) is 58.6 Å². The second kappa shape index (κ2) is 8.31. The Labute approximate surface area is 143 Å². The van der Waals surface area contributed by atoms with Crippen molar-refractivity contribution in [3.8, 4) is 0 Å². The lowest BCUT2D eigenvalue weighted by Gasteiger charge is -2.33. The van der Waals surface area contributed by atoms with Gasteiger partial charge >= 0.3 is 5.97 Å². The number of hydrogen-bond donors (Lipinski definition) is 1. The van der Waals surface area contributed by atoms with Crippen LogP contribution >= 0.6 is 12.4 Å². The van der Waals surface area contributed by atoms with Gasteiger partial charge in [-0.1, -0.05) is 30.3 Å². The number of amides is 1. The quantitative estimate of drug-likeness (QED) is 0.849. The van der Waals surface area contributed by atoms with Gasteiger partial charge in [0, 0.05) is 13.1 Å². The molecule has 0 saturated carbocycles. The molecule has 1 aliphatic rings. The highest BCUT2D eigenvalue weighted by atomic mass is 35.5. The van der Waals surface area contributed by atoms with E-state index in [0.29, 0.717) is 19.5 Å². The van der Waals surface area contributed by atoms with Gasteiger partial charge in [0.1, 0.15) is 12.1 Å². The van der Waals surface area contributed by atoms with E-state index in [1.807, 2.05) is 51.1 Å². The number of piperazine rings is 1. The first kappa shape index (κ1) is 19.5. The molecule has 2 rings (SSSR count). The summed E-state index contributed by atoms with van der Waals surface area (Å²) in [5.74, 6) is -0.401. The molecule has 1 aliphatic heterocycles. The lowest BCUT2D eigenvalue weighted by Crippen LogP contribution is -2.57. The van der Waals surface area contributed by atoms with Crippen molar-refractivity contribution in [2.75, 3.05) is 19.6 Å². The van der Waals surface area contributed by atoms with E-state index >= 15 is 0 Å². The molecule has 1 N–H and O–H groups in total. The average molecular weight is 341 g/mol. The first-order valence-corrected chi connectivity index (χ1v) is 7.63. The Bertz CT molecular complexity index is 528. The molecule has 0 radical (unpaired) electrons. The lowest BCUT2D eigenvalue weighted by atomic mass is 10.0. The van der Waals surface area contributed by atoms with Crippen molar-refractivity contribution in [2.45, 2.75) is 38.8 Å². The molecule has 1 aromatic rings. The number of hydrogen-bond acceptors (Lipinski definition) is 4. The Hall–Kier alpha value is -1.59. The van der Waals surface area contributed by atoms with Gasteiger partial charge in [-0.3, -0.25) is 9.59 Å². The summed E-state index contributed by atoms with van der Waals surface area (Å²) in [6, 6.07) is 9.60. The van der Waals surface area contributed by atoms with E-state index in [1.165, 1.54) is 0 Å². The molecule has 0 spiro atoms. The van der Waals surface area contributed by atoms with E-state index in [2.05, 4.69) is 5.32 Å². The highest BCUT2D eigenvalue weighted by Crippen LogP contribution is 2.11. The van der Waals surface area contributed by atoms with Crippen LogP contribution in [0.5, 0.6) is 0 Å². The highest BCUT2D eigenvalue weighted by molar-refractivity contribution is 5.86. The molecule has 6 heteroatoms. The van der Waals surface area contributed by atoms with E-state index < -0.39 is 5.60 Å². The predicted octanol–water partition coefficient (Wildman–Crippen LogP) is 1.79. The maximum absolute atomic E-state index is 12.5. The van der Waals surface area contributed by atoms with E-state index in [0.717, 1.165) is 5.56 Å². The Morgan fingerprint density at radius 1 is 1.30 bits per heavy atom. The molecule has 0 aromatic heterocycles. The third-order valence-electron chi connectivity index (χ3n) is 3.40. The summed E-state index contributed by atoms with van der Waals surface area (Å²) in [6.07, 6.45) is 0.629. The van der Waals surface area contributed by atoms with E-state index in [4.69, 9.17) is 4.74 Å². The van der Waals surface area contributed by atoms with Crippen molar-refractivity contribution in [3.05, 3.63) is 35.9 Å². The van der Waals surface area contributed by atoms with Crippen molar-refractivity contribution in [1.29, 1.82) is 0 Å². The van der Waals surface area contributed by atoms with E-state index in [-0.39, 0.29) is 36.9 Å². The summed E-state index contributed by atoms with van der Waals surface area (Å²) in [7, 11) is 0. The second-order valence-electron chi connectivity index (χ2n) is 6.54. The van der Waals surface area contributed by atoms with Crippen LogP contribution in [0.2, 0.25) is 0 Å². The van der Waals surface area contributed by atoms with Crippen LogP contribution in [0.3, 0.4) is 0 Å². The summed E-state index contributed by atoms with van der Waals surface area (Å²) < 4.78 is 5.29. The number of esters is 1. The Balaban J connectivity index is 0.00000264. The summed E-state index contributed by atoms with van der Waals surface area (Å²) in [5, 5.41) is 3.23. The standard InChI is InChI=1S/C17H24N2O3.ClH/c1-17(2,3)22-15(20)12-19-10-9-18-14(16(19)21)11-13-7-5-4-6-8-13;/h4-8,14,18H,9-12H2,1-3H3;1H. The molecule has 128 valence electrons. The predicted molar refractivity (Wildman–Crippen MR) is 91.6 cm³/mol. The van der Waals surface area contributed by atoms with Gasteiger partial charge in [-0.15, -0.1) is 12.4 Å². The fraction of sp³-hybridized carbons (Fsp3) is 0.529. The van der Waals surface area contributed by atoms with Crippen molar-refractivity contribution < 1.29 is 14.3 Å². The molecule has 1 fully saturated rings. The minimum absolute atomic E-state index is 0. The molecule has 1 saturated heterocycles. The molecule has 23 heavy (non-hydrogen) atoms. The molecule has 1 unspecified atom stereocenters. The Morgan fingerprint density at radius 2 is 1.96 bits per heavy atom. The number of rotatable bonds is 4. The largest absolute Gasteiger partial charge is 0.459 e. The molecular weight excluding hydrogens is 316 g/mol. The molecule has 1 aromatic carbocycles. The first-order chi connectivity index (χ1) is 10.3. The summed E-state index contributed by atoms with van der Waals surface area (Å²) in [5.41, 5.74) is 0.574. The first-order valence-electron chi connectivity index (χ1n) is 7.63. The van der Waals surface area contributed by atoms with Crippen LogP contribution in [-0.4, -0.2) is 48.1 Å². The van der Waals surface area contributed by atoms with Crippen molar-refractivity contribution >= 4 is 24.3 Å². The summed E-state index contributed by atoms with van der Waals surface area (Å²) in [6.45, 7) is 6.70. The number of nitrogens with one attached hydrogen (secondary N) is 1.